The van der Waals surface area contributed by atoms with E-state index in [2.05, 4.69) is 25.0 Å². The van der Waals surface area contributed by atoms with Gasteiger partial charge in [-0.3, -0.25) is 14.9 Å². The van der Waals surface area contributed by atoms with E-state index in [9.17, 15) is 23.3 Å². The van der Waals surface area contributed by atoms with E-state index in [1.807, 2.05) is 22.9 Å². The van der Waals surface area contributed by atoms with Crippen molar-refractivity contribution in [1.29, 1.82) is 0 Å². The molecule has 0 aliphatic carbocycles. The molecule has 0 radical (unpaired) electrons. The van der Waals surface area contributed by atoms with Crippen molar-refractivity contribution in [2.75, 3.05) is 49.8 Å². The number of nitrogens with zero attached hydrogens (tertiary/aromatic N) is 4. The number of pyridine rings is 1. The van der Waals surface area contributed by atoms with Gasteiger partial charge in [-0.15, -0.1) is 0 Å². The topological polar surface area (TPSA) is 190 Å². The lowest BCUT2D eigenvalue weighted by Crippen LogP contribution is -2.48. The maximum absolute atomic E-state index is 14.6. The van der Waals surface area contributed by atoms with Crippen LogP contribution < -0.4 is 20.7 Å². The molecule has 2 aromatic carbocycles. The number of carbonyl (C=O) groups excluding carboxylic acids is 1. The molecule has 1 amide bonds. The summed E-state index contributed by atoms with van der Waals surface area (Å²) < 4.78 is 54.8. The van der Waals surface area contributed by atoms with Crippen LogP contribution in [0.4, 0.5) is 22.7 Å². The molecule has 2 atom stereocenters. The fourth-order valence-corrected chi connectivity index (χ4v) is 9.22. The molecule has 15 nitrogen and oxygen atoms in total. The van der Waals surface area contributed by atoms with Gasteiger partial charge in [-0.1, -0.05) is 25.7 Å². The fraction of sp³-hybridized carbons (Fsp3) is 0.444. The Labute approximate surface area is 308 Å². The number of para-hydroxylation sites is 1. The molecule has 17 heteroatoms. The molecule has 0 bridgehead atoms. The molecule has 3 aliphatic rings. The predicted octanol–water partition coefficient (Wildman–Crippen LogP) is 5.32. The summed E-state index contributed by atoms with van der Waals surface area (Å²) in [6, 6.07) is 12.3. The summed E-state index contributed by atoms with van der Waals surface area (Å²) in [5, 5.41) is 16.1. The van der Waals surface area contributed by atoms with Crippen LogP contribution in [-0.2, 0) is 30.8 Å². The van der Waals surface area contributed by atoms with Crippen LogP contribution in [0.25, 0.3) is 11.0 Å². The Balaban J connectivity index is 1.29. The van der Waals surface area contributed by atoms with Gasteiger partial charge in [0, 0.05) is 52.1 Å². The summed E-state index contributed by atoms with van der Waals surface area (Å²) >= 11 is 0. The third-order valence-electron chi connectivity index (χ3n) is 9.96. The average molecular weight is 765 g/mol. The first kappa shape index (κ1) is 36.8. The molecule has 7 rings (SSSR count). The Bertz CT molecular complexity index is 2150. The lowest BCUT2D eigenvalue weighted by molar-refractivity contribution is -0.384. The number of nitrogens with one attached hydrogen (secondary N) is 1. The molecule has 3 N–H and O–H groups in total. The Hall–Kier alpha value is -4.55. The van der Waals surface area contributed by atoms with E-state index in [1.165, 1.54) is 30.3 Å². The minimum atomic E-state index is -4.49. The molecular weight excluding hydrogens is 721 g/mol. The summed E-state index contributed by atoms with van der Waals surface area (Å²) in [4.78, 5) is 30.8. The van der Waals surface area contributed by atoms with E-state index in [0.29, 0.717) is 44.4 Å². The van der Waals surface area contributed by atoms with Gasteiger partial charge in [-0.2, -0.15) is 4.98 Å². The van der Waals surface area contributed by atoms with Gasteiger partial charge < -0.3 is 39.5 Å². The number of nitro groups is 1. The summed E-state index contributed by atoms with van der Waals surface area (Å²) in [5.74, 6) is -0.354. The van der Waals surface area contributed by atoms with E-state index in [-0.39, 0.29) is 57.4 Å². The minimum absolute atomic E-state index is 0.0182. The first-order chi connectivity index (χ1) is 25.3. The third kappa shape index (κ3) is 7.48. The monoisotopic (exact) mass is 764 g/mol. The number of hydrogen-bond acceptors (Lipinski definition) is 12. The van der Waals surface area contributed by atoms with Crippen molar-refractivity contribution >= 4 is 57.6 Å². The van der Waals surface area contributed by atoms with E-state index in [0.717, 1.165) is 30.3 Å². The van der Waals surface area contributed by atoms with Gasteiger partial charge in [0.1, 0.15) is 29.9 Å². The van der Waals surface area contributed by atoms with Crippen LogP contribution in [0, 0.1) is 16.0 Å². The molecular formula is C36H44N6O9SSi. The summed E-state index contributed by atoms with van der Waals surface area (Å²) in [6.07, 6.45) is 2.96. The summed E-state index contributed by atoms with van der Waals surface area (Å²) in [6.45, 7) is 9.90. The Kier molecular flexibility index (Phi) is 10.2. The highest BCUT2D eigenvalue weighted by atomic mass is 32.2. The number of sulfone groups is 1. The second-order valence-corrected chi connectivity index (χ2v) is 22.4. The molecule has 2 aromatic heterocycles. The number of amides is 1. The quantitative estimate of drug-likeness (QED) is 0.0772. The maximum atomic E-state index is 14.6. The normalized spacial score (nSPS) is 19.1. The number of carbonyl (C=O) groups is 1. The highest BCUT2D eigenvalue weighted by Crippen LogP contribution is 2.47. The predicted molar refractivity (Wildman–Crippen MR) is 201 cm³/mol. The van der Waals surface area contributed by atoms with Gasteiger partial charge in [-0.25, -0.2) is 8.42 Å². The first-order valence-corrected chi connectivity index (χ1v) is 22.9. The molecule has 4 aromatic rings. The highest BCUT2D eigenvalue weighted by Gasteiger charge is 2.45. The van der Waals surface area contributed by atoms with Crippen molar-refractivity contribution in [3.63, 3.8) is 0 Å². The van der Waals surface area contributed by atoms with Crippen LogP contribution in [0.15, 0.2) is 64.5 Å². The molecule has 2 fully saturated rings. The van der Waals surface area contributed by atoms with Gasteiger partial charge >= 0.3 is 0 Å². The number of rotatable bonds is 13. The number of anilines is 3. The largest absolute Gasteiger partial charge is 0.468 e. The maximum Gasteiger partial charge on any atom is 0.293 e. The Morgan fingerprint density at radius 2 is 1.91 bits per heavy atom. The van der Waals surface area contributed by atoms with Gasteiger partial charge in [0.2, 0.25) is 15.7 Å². The molecule has 0 spiro atoms. The second-order valence-electron chi connectivity index (χ2n) is 14.9. The first-order valence-electron chi connectivity index (χ1n) is 17.7. The van der Waals surface area contributed by atoms with Crippen LogP contribution in [0.3, 0.4) is 0 Å². The lowest BCUT2D eigenvalue weighted by atomic mass is 10.0. The highest BCUT2D eigenvalue weighted by molar-refractivity contribution is 7.91. The lowest BCUT2D eigenvalue weighted by Gasteiger charge is -2.40. The molecule has 5 heterocycles. The van der Waals surface area contributed by atoms with Gasteiger partial charge in [0.15, 0.2) is 0 Å². The van der Waals surface area contributed by atoms with Gasteiger partial charge in [-0.05, 0) is 61.2 Å². The van der Waals surface area contributed by atoms with Crippen LogP contribution in [-0.4, -0.2) is 88.6 Å². The van der Waals surface area contributed by atoms with Crippen molar-refractivity contribution in [2.45, 2.75) is 67.2 Å². The number of hydrogen-bond donors (Lipinski definition) is 2. The minimum Gasteiger partial charge on any atom is -0.468 e. The van der Waals surface area contributed by atoms with Crippen molar-refractivity contribution in [3.05, 3.63) is 70.4 Å². The number of primary amides is 1. The van der Waals surface area contributed by atoms with Gasteiger partial charge in [0.05, 0.1) is 45.2 Å². The van der Waals surface area contributed by atoms with Crippen LogP contribution in [0.5, 0.6) is 5.88 Å². The van der Waals surface area contributed by atoms with Crippen molar-refractivity contribution in [3.8, 4) is 5.88 Å². The van der Waals surface area contributed by atoms with Crippen molar-refractivity contribution in [2.24, 2.45) is 11.7 Å². The van der Waals surface area contributed by atoms with Crippen molar-refractivity contribution in [1.82, 2.24) is 9.55 Å². The SMILES string of the molecule is C[Si](C)(C)CCOCn1ccc2cc3c(nc21)O[C@@H]1COC[C@H]1N3c1c(C(N)=O)cccc1S(=O)(=O)c1ccc(NCC2CCOCC2)c([N+](=O)[O-])c1. The average Bonchev–Trinajstić information content (AvgIpc) is 3.76. The number of nitro benzene ring substituents is 1. The van der Waals surface area contributed by atoms with Crippen LogP contribution >= 0.6 is 0 Å². The molecule has 0 saturated carbocycles. The number of benzene rings is 2. The number of aromatic nitrogens is 2. The fourth-order valence-electron chi connectivity index (χ4n) is 6.97. The van der Waals surface area contributed by atoms with E-state index in [4.69, 9.17) is 29.7 Å². The van der Waals surface area contributed by atoms with Crippen LogP contribution in [0.1, 0.15) is 23.2 Å². The molecule has 2 saturated heterocycles. The molecule has 53 heavy (non-hydrogen) atoms. The van der Waals surface area contributed by atoms with Crippen molar-refractivity contribution < 1.29 is 37.1 Å². The number of nitrogens with two attached hydrogens (primary N) is 1. The molecule has 282 valence electrons. The van der Waals surface area contributed by atoms with E-state index in [1.54, 1.807) is 4.90 Å². The number of fused-ring (bicyclic) bond motifs is 3. The Morgan fingerprint density at radius 3 is 2.64 bits per heavy atom. The smallest absolute Gasteiger partial charge is 0.293 e. The Morgan fingerprint density at radius 1 is 1.11 bits per heavy atom. The number of ether oxygens (including phenoxy) is 4. The van der Waals surface area contributed by atoms with Crippen LogP contribution in [0.2, 0.25) is 25.7 Å². The summed E-state index contributed by atoms with van der Waals surface area (Å²) in [7, 11) is -5.77. The zero-order chi connectivity index (χ0) is 37.5. The summed E-state index contributed by atoms with van der Waals surface area (Å²) in [5.41, 5.74) is 6.76. The molecule has 0 unspecified atom stereocenters. The zero-order valence-electron chi connectivity index (χ0n) is 29.9. The third-order valence-corrected chi connectivity index (χ3v) is 13.4. The second kappa shape index (κ2) is 14.7. The standard InChI is InChI=1S/C36H44N6O9SSi/c1-53(2,3)16-15-49-22-40-12-9-24-17-29-36(39-35(24)40)51-31-21-50-20-30(31)41(29)33-26(34(37)43)5-4-6-32(33)52(46,47)25-7-8-27(28(18-25)42(44)45)38-19-23-10-13-48-14-11-23/h4-9,12,17-18,23,30-31,38H,10-11,13-16,19-22H2,1-3H3,(H2,37,43)/t30-,31-/m1/s1. The van der Waals surface area contributed by atoms with Gasteiger partial charge in [0.25, 0.3) is 11.6 Å². The molecule has 3 aliphatic heterocycles. The van der Waals surface area contributed by atoms with E-state index >= 15 is 0 Å². The van der Waals surface area contributed by atoms with E-state index < -0.39 is 40.9 Å². The zero-order valence-corrected chi connectivity index (χ0v) is 31.8.